The number of aromatic nitrogens is 4. The van der Waals surface area contributed by atoms with Gasteiger partial charge in [-0.2, -0.15) is 0 Å². The van der Waals surface area contributed by atoms with Crippen LogP contribution in [-0.4, -0.2) is 19.5 Å². The third-order valence-electron chi connectivity index (χ3n) is 2.86. The fourth-order valence-corrected chi connectivity index (χ4v) is 2.02. The van der Waals surface area contributed by atoms with E-state index in [4.69, 9.17) is 5.73 Å². The number of imidazole rings is 1. The molecule has 0 unspecified atom stereocenters. The topological polar surface area (TPSA) is 69.6 Å². The maximum absolute atomic E-state index is 5.60. The van der Waals surface area contributed by atoms with Crippen molar-refractivity contribution in [2.45, 2.75) is 13.5 Å². The average Bonchev–Trinajstić information content (AvgIpc) is 2.78. The Morgan fingerprint density at radius 2 is 2.11 bits per heavy atom. The fourth-order valence-electron chi connectivity index (χ4n) is 2.02. The number of pyridine rings is 2. The number of hydrogen-bond acceptors (Lipinski definition) is 4. The largest absolute Gasteiger partial charge is 0.384 e. The third-order valence-corrected chi connectivity index (χ3v) is 2.86. The van der Waals surface area contributed by atoms with E-state index >= 15 is 0 Å². The van der Waals surface area contributed by atoms with Gasteiger partial charge in [-0.1, -0.05) is 0 Å². The summed E-state index contributed by atoms with van der Waals surface area (Å²) in [6.07, 6.45) is 3.52. The molecule has 0 aliphatic rings. The zero-order chi connectivity index (χ0) is 12.5. The van der Waals surface area contributed by atoms with Crippen LogP contribution >= 0.6 is 0 Å². The molecule has 18 heavy (non-hydrogen) atoms. The molecule has 2 N–H and O–H groups in total. The summed E-state index contributed by atoms with van der Waals surface area (Å²) in [4.78, 5) is 13.1. The quantitative estimate of drug-likeness (QED) is 0.743. The van der Waals surface area contributed by atoms with Crippen molar-refractivity contribution in [3.8, 4) is 11.4 Å². The first kappa shape index (κ1) is 10.7. The number of nitrogen functional groups attached to an aromatic ring is 1. The van der Waals surface area contributed by atoms with Crippen LogP contribution in [0.4, 0.5) is 5.82 Å². The van der Waals surface area contributed by atoms with Crippen LogP contribution in [0, 0.1) is 0 Å². The van der Waals surface area contributed by atoms with Crippen LogP contribution in [0.25, 0.3) is 22.6 Å². The maximum atomic E-state index is 5.60. The first-order valence-electron chi connectivity index (χ1n) is 5.82. The second kappa shape index (κ2) is 4.10. The van der Waals surface area contributed by atoms with Gasteiger partial charge in [0.2, 0.25) is 0 Å². The van der Waals surface area contributed by atoms with Gasteiger partial charge in [0.05, 0.1) is 0 Å². The van der Waals surface area contributed by atoms with E-state index in [-0.39, 0.29) is 0 Å². The Labute approximate surface area is 104 Å². The first-order chi connectivity index (χ1) is 8.79. The van der Waals surface area contributed by atoms with Crippen LogP contribution < -0.4 is 5.73 Å². The van der Waals surface area contributed by atoms with E-state index < -0.39 is 0 Å². The highest BCUT2D eigenvalue weighted by Crippen LogP contribution is 2.23. The Morgan fingerprint density at radius 3 is 2.83 bits per heavy atom. The van der Waals surface area contributed by atoms with E-state index in [1.807, 2.05) is 18.2 Å². The molecule has 3 heterocycles. The lowest BCUT2D eigenvalue weighted by Gasteiger charge is -2.04. The van der Waals surface area contributed by atoms with Crippen molar-refractivity contribution in [1.29, 1.82) is 0 Å². The van der Waals surface area contributed by atoms with Gasteiger partial charge in [0, 0.05) is 24.5 Å². The van der Waals surface area contributed by atoms with Crippen LogP contribution in [0.15, 0.2) is 36.7 Å². The summed E-state index contributed by atoms with van der Waals surface area (Å²) in [6, 6.07) is 7.56. The van der Waals surface area contributed by atoms with E-state index in [0.717, 1.165) is 29.1 Å². The van der Waals surface area contributed by atoms with Gasteiger partial charge >= 0.3 is 0 Å². The molecule has 0 bridgehead atoms. The van der Waals surface area contributed by atoms with Gasteiger partial charge in [0.25, 0.3) is 0 Å². The summed E-state index contributed by atoms with van der Waals surface area (Å²) >= 11 is 0. The molecule has 0 amide bonds. The number of nitrogens with two attached hydrogens (primary N) is 1. The third kappa shape index (κ3) is 1.60. The Hall–Kier alpha value is -2.43. The number of nitrogens with zero attached hydrogens (tertiary/aromatic N) is 4. The zero-order valence-corrected chi connectivity index (χ0v) is 10.0. The van der Waals surface area contributed by atoms with Crippen molar-refractivity contribution in [3.05, 3.63) is 36.7 Å². The summed E-state index contributed by atoms with van der Waals surface area (Å²) in [5.41, 5.74) is 8.34. The average molecular weight is 239 g/mol. The van der Waals surface area contributed by atoms with Crippen molar-refractivity contribution in [3.63, 3.8) is 0 Å². The normalized spacial score (nSPS) is 10.9. The van der Waals surface area contributed by atoms with Crippen molar-refractivity contribution in [2.75, 3.05) is 5.73 Å². The molecule has 0 aromatic carbocycles. The summed E-state index contributed by atoms with van der Waals surface area (Å²) in [5.74, 6) is 1.38. The lowest BCUT2D eigenvalue weighted by Crippen LogP contribution is -1.99. The van der Waals surface area contributed by atoms with Crippen molar-refractivity contribution in [2.24, 2.45) is 0 Å². The molecule has 0 spiro atoms. The van der Waals surface area contributed by atoms with Gasteiger partial charge in [0.15, 0.2) is 5.65 Å². The van der Waals surface area contributed by atoms with Crippen LogP contribution in [0.3, 0.4) is 0 Å². The molecule has 0 saturated carbocycles. The molecule has 3 rings (SSSR count). The summed E-state index contributed by atoms with van der Waals surface area (Å²) in [5, 5.41) is 0. The van der Waals surface area contributed by atoms with Gasteiger partial charge in [0.1, 0.15) is 17.2 Å². The van der Waals surface area contributed by atoms with Crippen molar-refractivity contribution < 1.29 is 0 Å². The van der Waals surface area contributed by atoms with E-state index in [2.05, 4.69) is 26.4 Å². The number of aryl methyl sites for hydroxylation is 1. The monoisotopic (exact) mass is 239 g/mol. The van der Waals surface area contributed by atoms with E-state index in [1.54, 1.807) is 18.5 Å². The fraction of sp³-hybridized carbons (Fsp3) is 0.154. The molecule has 0 aliphatic heterocycles. The predicted octanol–water partition coefficient (Wildman–Crippen LogP) is 2.10. The lowest BCUT2D eigenvalue weighted by atomic mass is 10.2. The minimum Gasteiger partial charge on any atom is -0.384 e. The molecule has 90 valence electrons. The Bertz CT molecular complexity index is 684. The summed E-state index contributed by atoms with van der Waals surface area (Å²) in [7, 11) is 0. The van der Waals surface area contributed by atoms with Gasteiger partial charge in [-0.3, -0.25) is 0 Å². The van der Waals surface area contributed by atoms with E-state index in [9.17, 15) is 0 Å². The molecule has 5 nitrogen and oxygen atoms in total. The number of fused-ring (bicyclic) bond motifs is 1. The Morgan fingerprint density at radius 1 is 1.22 bits per heavy atom. The smallest absolute Gasteiger partial charge is 0.160 e. The Kier molecular flexibility index (Phi) is 2.44. The second-order valence-electron chi connectivity index (χ2n) is 4.00. The molecule has 5 heteroatoms. The highest BCUT2D eigenvalue weighted by Gasteiger charge is 2.11. The van der Waals surface area contributed by atoms with Crippen molar-refractivity contribution >= 4 is 17.0 Å². The maximum Gasteiger partial charge on any atom is 0.160 e. The molecular formula is C13H13N5. The minimum atomic E-state index is 0.510. The van der Waals surface area contributed by atoms with Crippen LogP contribution in [0.5, 0.6) is 0 Å². The van der Waals surface area contributed by atoms with Crippen LogP contribution in [-0.2, 0) is 6.54 Å². The second-order valence-corrected chi connectivity index (χ2v) is 4.00. The van der Waals surface area contributed by atoms with Gasteiger partial charge in [-0.05, 0) is 31.2 Å². The van der Waals surface area contributed by atoms with Crippen LogP contribution in [0.2, 0.25) is 0 Å². The number of rotatable bonds is 2. The van der Waals surface area contributed by atoms with Gasteiger partial charge in [-0.25, -0.2) is 15.0 Å². The van der Waals surface area contributed by atoms with Crippen molar-refractivity contribution in [1.82, 2.24) is 19.5 Å². The number of anilines is 1. The molecule has 0 aliphatic carbocycles. The predicted molar refractivity (Wildman–Crippen MR) is 70.8 cm³/mol. The highest BCUT2D eigenvalue weighted by atomic mass is 15.1. The SMILES string of the molecule is CCn1c(-c2ccc(N)nc2)nc2cccnc21. The molecular weight excluding hydrogens is 226 g/mol. The number of hydrogen-bond donors (Lipinski definition) is 1. The Balaban J connectivity index is 2.25. The van der Waals surface area contributed by atoms with E-state index in [0.29, 0.717) is 5.82 Å². The molecule has 0 fully saturated rings. The molecule has 3 aromatic rings. The first-order valence-corrected chi connectivity index (χ1v) is 5.82. The van der Waals surface area contributed by atoms with E-state index in [1.165, 1.54) is 0 Å². The minimum absolute atomic E-state index is 0.510. The molecule has 0 saturated heterocycles. The lowest BCUT2D eigenvalue weighted by molar-refractivity contribution is 0.787. The highest BCUT2D eigenvalue weighted by molar-refractivity contribution is 5.76. The molecule has 0 atom stereocenters. The van der Waals surface area contributed by atoms with Crippen LogP contribution in [0.1, 0.15) is 6.92 Å². The molecule has 3 aromatic heterocycles. The summed E-state index contributed by atoms with van der Waals surface area (Å²) < 4.78 is 2.07. The summed E-state index contributed by atoms with van der Waals surface area (Å²) in [6.45, 7) is 2.89. The van der Waals surface area contributed by atoms with Gasteiger partial charge < -0.3 is 10.3 Å². The standard InChI is InChI=1S/C13H13N5/c1-2-18-12(9-5-6-11(14)16-8-9)17-10-4-3-7-15-13(10)18/h3-8H,2H2,1H3,(H2,14,16). The molecule has 0 radical (unpaired) electrons. The zero-order valence-electron chi connectivity index (χ0n) is 10.0. The van der Waals surface area contributed by atoms with Gasteiger partial charge in [-0.15, -0.1) is 0 Å².